The van der Waals surface area contributed by atoms with Crippen LogP contribution in [0.1, 0.15) is 4.79 Å². The Morgan fingerprint density at radius 2 is 2.00 bits per heavy atom. The van der Waals surface area contributed by atoms with Gasteiger partial charge in [0.1, 0.15) is 23.6 Å². The van der Waals surface area contributed by atoms with E-state index in [2.05, 4.69) is 20.3 Å². The Morgan fingerprint density at radius 1 is 1.26 bits per heavy atom. The van der Waals surface area contributed by atoms with Gasteiger partial charge in [-0.05, 0) is 0 Å². The second-order valence-electron chi connectivity index (χ2n) is 3.32. The predicted octanol–water partition coefficient (Wildman–Crippen LogP) is 1.54. The fraction of sp³-hybridized carbons (Fsp3) is 0.222. The number of amides is 1. The van der Waals surface area contributed by atoms with Crippen molar-refractivity contribution >= 4 is 63.7 Å². The topological polar surface area (TPSA) is 89.8 Å². The maximum absolute atomic E-state index is 11.8. The average molecular weight is 323 g/mol. The molecule has 0 aromatic carbocycles. The Kier molecular flexibility index (Phi) is 4.18. The van der Waals surface area contributed by atoms with Crippen molar-refractivity contribution < 1.29 is 9.59 Å². The van der Waals surface area contributed by atoms with Crippen LogP contribution in [-0.2, 0) is 4.79 Å². The molecule has 10 heteroatoms. The Hall–Kier alpha value is -1.44. The van der Waals surface area contributed by atoms with Crippen molar-refractivity contribution in [2.45, 2.75) is 0 Å². The number of aromatic nitrogens is 4. The van der Waals surface area contributed by atoms with Crippen molar-refractivity contribution in [1.29, 1.82) is 0 Å². The van der Waals surface area contributed by atoms with E-state index < -0.39 is 11.8 Å². The molecule has 1 N–H and O–H groups in total. The fourth-order valence-electron chi connectivity index (χ4n) is 1.40. The highest BCUT2D eigenvalue weighted by molar-refractivity contribution is 6.34. The third kappa shape index (κ3) is 2.63. The van der Waals surface area contributed by atoms with Gasteiger partial charge < -0.3 is 0 Å². The molecule has 0 aliphatic rings. The summed E-state index contributed by atoms with van der Waals surface area (Å²) in [5.41, 5.74) is 0.350. The number of carbonyl (C=O) groups excluding carboxylic acids is 2. The van der Waals surface area contributed by atoms with E-state index in [9.17, 15) is 9.59 Å². The summed E-state index contributed by atoms with van der Waals surface area (Å²) in [6.45, 7) is 0. The zero-order chi connectivity index (χ0) is 14.0. The Bertz CT molecular complexity index is 657. The number of halogens is 3. The molecule has 1 amide bonds. The number of nitrogens with one attached hydrogen (secondary N) is 1. The molecule has 100 valence electrons. The first-order valence-corrected chi connectivity index (χ1v) is 6.37. The summed E-state index contributed by atoms with van der Waals surface area (Å²) in [4.78, 5) is 34.7. The highest BCUT2D eigenvalue weighted by Gasteiger charge is 2.20. The van der Waals surface area contributed by atoms with E-state index in [0.29, 0.717) is 0 Å². The number of fused-ring (bicyclic) bond motifs is 1. The molecule has 2 aromatic heterocycles. The maximum Gasteiger partial charge on any atom is 0.250 e. The van der Waals surface area contributed by atoms with E-state index in [-0.39, 0.29) is 34.0 Å². The molecule has 0 aliphatic heterocycles. The molecule has 0 saturated heterocycles. The number of hydrogen-bond donors (Lipinski definition) is 1. The summed E-state index contributed by atoms with van der Waals surface area (Å²) < 4.78 is 1.06. The Balaban J connectivity index is 2.64. The molecule has 0 aliphatic carbocycles. The van der Waals surface area contributed by atoms with Crippen LogP contribution in [0, 0.1) is 0 Å². The number of nitrogens with zero attached hydrogens (tertiary/aromatic N) is 4. The van der Waals surface area contributed by atoms with Gasteiger partial charge in [0.05, 0.1) is 0 Å². The zero-order valence-electron chi connectivity index (χ0n) is 9.23. The van der Waals surface area contributed by atoms with Crippen molar-refractivity contribution in [2.75, 3.05) is 17.1 Å². The van der Waals surface area contributed by atoms with Crippen LogP contribution in [0.25, 0.3) is 11.2 Å². The standard InChI is InChI=1S/C9H6Cl3N5O2/c10-1-4(18)15-9-16-6-7(12)13-3-14-8(6)17(9)5(19)2-11/h3H,1-2H2,(H,15,16,18). The monoisotopic (exact) mass is 321 g/mol. The van der Waals surface area contributed by atoms with Crippen molar-refractivity contribution in [3.63, 3.8) is 0 Å². The van der Waals surface area contributed by atoms with Gasteiger partial charge >= 0.3 is 0 Å². The molecular formula is C9H6Cl3N5O2. The average Bonchev–Trinajstić information content (AvgIpc) is 2.77. The Morgan fingerprint density at radius 3 is 2.63 bits per heavy atom. The molecule has 19 heavy (non-hydrogen) atoms. The van der Waals surface area contributed by atoms with Crippen LogP contribution in [0.4, 0.5) is 5.95 Å². The minimum atomic E-state index is -0.523. The van der Waals surface area contributed by atoms with Gasteiger partial charge in [-0.2, -0.15) is 0 Å². The van der Waals surface area contributed by atoms with Gasteiger partial charge in [0.2, 0.25) is 17.8 Å². The normalized spacial score (nSPS) is 10.7. The first-order chi connectivity index (χ1) is 9.08. The number of imidazole rings is 1. The minimum absolute atomic E-state index is 0.0475. The SMILES string of the molecule is O=C(CCl)Nc1nc2c(Cl)ncnc2n1C(=O)CCl. The number of alkyl halides is 2. The quantitative estimate of drug-likeness (QED) is 0.684. The lowest BCUT2D eigenvalue weighted by atomic mass is 10.5. The lowest BCUT2D eigenvalue weighted by Gasteiger charge is -2.05. The van der Waals surface area contributed by atoms with E-state index in [4.69, 9.17) is 34.8 Å². The van der Waals surface area contributed by atoms with Crippen LogP contribution in [0.2, 0.25) is 5.15 Å². The molecule has 2 aromatic rings. The number of anilines is 1. The van der Waals surface area contributed by atoms with E-state index in [1.54, 1.807) is 0 Å². The van der Waals surface area contributed by atoms with Gasteiger partial charge in [0.25, 0.3) is 0 Å². The molecule has 2 heterocycles. The Labute approximate surface area is 121 Å². The summed E-state index contributed by atoms with van der Waals surface area (Å²) in [6.07, 6.45) is 1.18. The third-order valence-electron chi connectivity index (χ3n) is 2.14. The lowest BCUT2D eigenvalue weighted by molar-refractivity contribution is -0.114. The zero-order valence-corrected chi connectivity index (χ0v) is 11.5. The van der Waals surface area contributed by atoms with Crippen LogP contribution >= 0.6 is 34.8 Å². The number of hydrogen-bond acceptors (Lipinski definition) is 5. The van der Waals surface area contributed by atoms with Gasteiger partial charge in [0, 0.05) is 0 Å². The minimum Gasteiger partial charge on any atom is -0.294 e. The molecule has 2 rings (SSSR count). The van der Waals surface area contributed by atoms with Crippen LogP contribution in [0.15, 0.2) is 6.33 Å². The molecule has 7 nitrogen and oxygen atoms in total. The van der Waals surface area contributed by atoms with Gasteiger partial charge in [-0.25, -0.2) is 19.5 Å². The third-order valence-corrected chi connectivity index (χ3v) is 2.88. The van der Waals surface area contributed by atoms with Gasteiger partial charge in [0.15, 0.2) is 10.8 Å². The molecular weight excluding hydrogens is 316 g/mol. The van der Waals surface area contributed by atoms with Gasteiger partial charge in [-0.3, -0.25) is 14.9 Å². The maximum atomic E-state index is 11.8. The smallest absolute Gasteiger partial charge is 0.250 e. The number of carbonyl (C=O) groups is 2. The first kappa shape index (κ1) is 14.0. The summed E-state index contributed by atoms with van der Waals surface area (Å²) in [5.74, 6) is -1.67. The number of rotatable bonds is 3. The summed E-state index contributed by atoms with van der Waals surface area (Å²) in [5, 5.41) is 2.43. The molecule has 0 atom stereocenters. The van der Waals surface area contributed by atoms with Crippen molar-refractivity contribution in [1.82, 2.24) is 19.5 Å². The largest absolute Gasteiger partial charge is 0.294 e. The van der Waals surface area contributed by atoms with E-state index in [0.717, 1.165) is 4.57 Å². The van der Waals surface area contributed by atoms with Crippen LogP contribution in [0.3, 0.4) is 0 Å². The summed E-state index contributed by atoms with van der Waals surface area (Å²) >= 11 is 16.7. The van der Waals surface area contributed by atoms with Crippen LogP contribution < -0.4 is 5.32 Å². The molecule has 0 fully saturated rings. The van der Waals surface area contributed by atoms with E-state index in [1.807, 2.05) is 0 Å². The molecule has 0 radical (unpaired) electrons. The van der Waals surface area contributed by atoms with Crippen LogP contribution in [-0.4, -0.2) is 43.1 Å². The highest BCUT2D eigenvalue weighted by atomic mass is 35.5. The van der Waals surface area contributed by atoms with E-state index in [1.165, 1.54) is 6.33 Å². The van der Waals surface area contributed by atoms with Crippen molar-refractivity contribution in [2.24, 2.45) is 0 Å². The van der Waals surface area contributed by atoms with Gasteiger partial charge in [-0.1, -0.05) is 11.6 Å². The second kappa shape index (κ2) is 5.68. The summed E-state index contributed by atoms with van der Waals surface area (Å²) in [7, 11) is 0. The van der Waals surface area contributed by atoms with Crippen molar-refractivity contribution in [3.8, 4) is 0 Å². The molecule has 0 saturated carbocycles. The van der Waals surface area contributed by atoms with Gasteiger partial charge in [-0.15, -0.1) is 23.2 Å². The van der Waals surface area contributed by atoms with Crippen LogP contribution in [0.5, 0.6) is 0 Å². The first-order valence-electron chi connectivity index (χ1n) is 4.92. The second-order valence-corrected chi connectivity index (χ2v) is 4.21. The fourth-order valence-corrected chi connectivity index (χ4v) is 1.76. The van der Waals surface area contributed by atoms with E-state index >= 15 is 0 Å². The van der Waals surface area contributed by atoms with Crippen molar-refractivity contribution in [3.05, 3.63) is 11.5 Å². The summed E-state index contributed by atoms with van der Waals surface area (Å²) in [6, 6.07) is 0. The molecule has 0 spiro atoms. The lowest BCUT2D eigenvalue weighted by Crippen LogP contribution is -2.21. The molecule has 0 unspecified atom stereocenters. The highest BCUT2D eigenvalue weighted by Crippen LogP contribution is 2.22. The molecule has 0 bridgehead atoms. The predicted molar refractivity (Wildman–Crippen MR) is 71.0 cm³/mol.